The number of hydrogen-bond donors (Lipinski definition) is 0. The van der Waals surface area contributed by atoms with Crippen molar-refractivity contribution < 1.29 is 4.74 Å². The van der Waals surface area contributed by atoms with Crippen molar-refractivity contribution in [3.05, 3.63) is 53.6 Å². The summed E-state index contributed by atoms with van der Waals surface area (Å²) in [7, 11) is 0. The number of morpholine rings is 1. The fourth-order valence-electron chi connectivity index (χ4n) is 3.71. The smallest absolute Gasteiger partial charge is 0.125 e. The van der Waals surface area contributed by atoms with Crippen LogP contribution in [0.3, 0.4) is 0 Å². The SMILES string of the molecule is Cc1ncc(CN2CC(CN3CCOCC3)c3ccccc32)cn1. The van der Waals surface area contributed by atoms with Gasteiger partial charge in [-0.3, -0.25) is 4.90 Å². The molecule has 5 nitrogen and oxygen atoms in total. The number of ether oxygens (including phenoxy) is 1. The Morgan fingerprint density at radius 2 is 1.88 bits per heavy atom. The van der Waals surface area contributed by atoms with Crippen LogP contribution >= 0.6 is 0 Å². The van der Waals surface area contributed by atoms with Crippen LogP contribution in [0.5, 0.6) is 0 Å². The summed E-state index contributed by atoms with van der Waals surface area (Å²) < 4.78 is 5.48. The van der Waals surface area contributed by atoms with Crippen LogP contribution in [-0.2, 0) is 11.3 Å². The molecule has 24 heavy (non-hydrogen) atoms. The van der Waals surface area contributed by atoms with Gasteiger partial charge >= 0.3 is 0 Å². The Balaban J connectivity index is 1.51. The molecule has 1 unspecified atom stereocenters. The van der Waals surface area contributed by atoms with E-state index in [-0.39, 0.29) is 0 Å². The van der Waals surface area contributed by atoms with Gasteiger partial charge in [-0.1, -0.05) is 18.2 Å². The molecule has 0 saturated carbocycles. The maximum atomic E-state index is 5.48. The van der Waals surface area contributed by atoms with Crippen LogP contribution in [0.15, 0.2) is 36.7 Å². The molecule has 0 bridgehead atoms. The molecule has 0 aliphatic carbocycles. The lowest BCUT2D eigenvalue weighted by Gasteiger charge is -2.29. The van der Waals surface area contributed by atoms with E-state index in [1.54, 1.807) is 0 Å². The minimum Gasteiger partial charge on any atom is -0.379 e. The van der Waals surface area contributed by atoms with Crippen molar-refractivity contribution in [3.63, 3.8) is 0 Å². The lowest BCUT2D eigenvalue weighted by Crippen LogP contribution is -2.39. The molecule has 1 saturated heterocycles. The highest BCUT2D eigenvalue weighted by atomic mass is 16.5. The Morgan fingerprint density at radius 3 is 2.67 bits per heavy atom. The normalized spacial score (nSPS) is 21.0. The molecule has 0 N–H and O–H groups in total. The van der Waals surface area contributed by atoms with Gasteiger partial charge in [0.15, 0.2) is 0 Å². The third kappa shape index (κ3) is 3.28. The van der Waals surface area contributed by atoms with Gasteiger partial charge in [0.05, 0.1) is 13.2 Å². The molecule has 1 aromatic heterocycles. The third-order valence-corrected chi connectivity index (χ3v) is 4.95. The van der Waals surface area contributed by atoms with E-state index in [2.05, 4.69) is 44.0 Å². The minimum atomic E-state index is 0.561. The second kappa shape index (κ2) is 6.87. The van der Waals surface area contributed by atoms with Crippen molar-refractivity contribution in [2.45, 2.75) is 19.4 Å². The summed E-state index contributed by atoms with van der Waals surface area (Å²) in [5.41, 5.74) is 4.00. The van der Waals surface area contributed by atoms with Gasteiger partial charge in [-0.25, -0.2) is 9.97 Å². The van der Waals surface area contributed by atoms with Crippen molar-refractivity contribution in [3.8, 4) is 0 Å². The monoisotopic (exact) mass is 324 g/mol. The fourth-order valence-corrected chi connectivity index (χ4v) is 3.71. The van der Waals surface area contributed by atoms with E-state index in [9.17, 15) is 0 Å². The second-order valence-corrected chi connectivity index (χ2v) is 6.69. The summed E-state index contributed by atoms with van der Waals surface area (Å²) in [6.07, 6.45) is 3.89. The number of rotatable bonds is 4. The number of benzene rings is 1. The van der Waals surface area contributed by atoms with Gasteiger partial charge in [-0.2, -0.15) is 0 Å². The number of nitrogens with zero attached hydrogens (tertiary/aromatic N) is 4. The Kier molecular flexibility index (Phi) is 4.45. The number of aromatic nitrogens is 2. The average Bonchev–Trinajstić information content (AvgIpc) is 2.96. The first kappa shape index (κ1) is 15.5. The zero-order valence-corrected chi connectivity index (χ0v) is 14.2. The summed E-state index contributed by atoms with van der Waals surface area (Å²) in [5.74, 6) is 1.39. The molecule has 1 atom stereocenters. The first-order valence-electron chi connectivity index (χ1n) is 8.71. The Labute approximate surface area is 143 Å². The quantitative estimate of drug-likeness (QED) is 0.862. The molecular weight excluding hydrogens is 300 g/mol. The van der Waals surface area contributed by atoms with E-state index >= 15 is 0 Å². The molecule has 2 aliphatic heterocycles. The van der Waals surface area contributed by atoms with Gasteiger partial charge in [0.2, 0.25) is 0 Å². The lowest BCUT2D eigenvalue weighted by atomic mass is 10.0. The van der Waals surface area contributed by atoms with E-state index in [4.69, 9.17) is 4.74 Å². The fraction of sp³-hybridized carbons (Fsp3) is 0.474. The minimum absolute atomic E-state index is 0.561. The van der Waals surface area contributed by atoms with Crippen LogP contribution in [0.25, 0.3) is 0 Å². The topological polar surface area (TPSA) is 41.5 Å². The Hall–Kier alpha value is -1.98. The molecule has 2 aliphatic rings. The van der Waals surface area contributed by atoms with Gasteiger partial charge in [0, 0.05) is 62.3 Å². The molecule has 3 heterocycles. The molecule has 1 fully saturated rings. The Morgan fingerprint density at radius 1 is 1.12 bits per heavy atom. The highest BCUT2D eigenvalue weighted by Gasteiger charge is 2.30. The van der Waals surface area contributed by atoms with Crippen molar-refractivity contribution in [2.75, 3.05) is 44.3 Å². The molecule has 5 heteroatoms. The average molecular weight is 324 g/mol. The summed E-state index contributed by atoms with van der Waals surface area (Å²) >= 11 is 0. The van der Waals surface area contributed by atoms with Crippen LogP contribution in [0.1, 0.15) is 22.9 Å². The predicted octanol–water partition coefficient (Wildman–Crippen LogP) is 2.22. The van der Waals surface area contributed by atoms with E-state index in [1.807, 2.05) is 19.3 Å². The van der Waals surface area contributed by atoms with Crippen LogP contribution < -0.4 is 4.90 Å². The van der Waals surface area contributed by atoms with E-state index in [0.717, 1.165) is 51.8 Å². The van der Waals surface area contributed by atoms with E-state index in [1.165, 1.54) is 16.8 Å². The molecule has 0 amide bonds. The van der Waals surface area contributed by atoms with Gasteiger partial charge in [0.1, 0.15) is 5.82 Å². The summed E-state index contributed by atoms with van der Waals surface area (Å²) in [6.45, 7) is 8.78. The molecule has 0 spiro atoms. The molecular formula is C19H24N4O. The zero-order chi connectivity index (χ0) is 16.4. The van der Waals surface area contributed by atoms with Crippen molar-refractivity contribution >= 4 is 5.69 Å². The van der Waals surface area contributed by atoms with Gasteiger partial charge in [-0.15, -0.1) is 0 Å². The lowest BCUT2D eigenvalue weighted by molar-refractivity contribution is 0.0356. The maximum absolute atomic E-state index is 5.48. The molecule has 4 rings (SSSR count). The molecule has 126 valence electrons. The number of para-hydroxylation sites is 1. The molecule has 1 aromatic carbocycles. The zero-order valence-electron chi connectivity index (χ0n) is 14.2. The van der Waals surface area contributed by atoms with Crippen molar-refractivity contribution in [1.82, 2.24) is 14.9 Å². The predicted molar refractivity (Wildman–Crippen MR) is 94.3 cm³/mol. The maximum Gasteiger partial charge on any atom is 0.125 e. The Bertz CT molecular complexity index is 682. The molecule has 0 radical (unpaired) electrons. The van der Waals surface area contributed by atoms with Crippen LogP contribution in [-0.4, -0.2) is 54.3 Å². The first-order valence-corrected chi connectivity index (χ1v) is 8.71. The summed E-state index contributed by atoms with van der Waals surface area (Å²) in [4.78, 5) is 13.7. The summed E-state index contributed by atoms with van der Waals surface area (Å²) in [6, 6.07) is 8.81. The van der Waals surface area contributed by atoms with E-state index < -0.39 is 0 Å². The van der Waals surface area contributed by atoms with Gasteiger partial charge in [0.25, 0.3) is 0 Å². The first-order chi connectivity index (χ1) is 11.8. The van der Waals surface area contributed by atoms with Gasteiger partial charge in [-0.05, 0) is 18.6 Å². The number of aryl methyl sites for hydroxylation is 1. The second-order valence-electron chi connectivity index (χ2n) is 6.69. The van der Waals surface area contributed by atoms with E-state index in [0.29, 0.717) is 5.92 Å². The highest BCUT2D eigenvalue weighted by Crippen LogP contribution is 2.37. The van der Waals surface area contributed by atoms with Gasteiger partial charge < -0.3 is 9.64 Å². The molecule has 2 aromatic rings. The van der Waals surface area contributed by atoms with Crippen LogP contribution in [0, 0.1) is 6.92 Å². The third-order valence-electron chi connectivity index (χ3n) is 4.95. The van der Waals surface area contributed by atoms with Crippen LogP contribution in [0.2, 0.25) is 0 Å². The highest BCUT2D eigenvalue weighted by molar-refractivity contribution is 5.60. The number of hydrogen-bond acceptors (Lipinski definition) is 5. The largest absolute Gasteiger partial charge is 0.379 e. The van der Waals surface area contributed by atoms with Crippen LogP contribution in [0.4, 0.5) is 5.69 Å². The van der Waals surface area contributed by atoms with Crippen molar-refractivity contribution in [2.24, 2.45) is 0 Å². The number of anilines is 1. The standard InChI is InChI=1S/C19H24N4O/c1-15-20-10-16(11-21-15)12-23-14-17(13-22-6-8-24-9-7-22)18-4-2-3-5-19(18)23/h2-5,10-11,17H,6-9,12-14H2,1H3. The number of fused-ring (bicyclic) bond motifs is 1. The van der Waals surface area contributed by atoms with Crippen molar-refractivity contribution in [1.29, 1.82) is 0 Å². The summed E-state index contributed by atoms with van der Waals surface area (Å²) in [5, 5.41) is 0.